The molecule has 0 aliphatic rings. The lowest BCUT2D eigenvalue weighted by molar-refractivity contribution is -0.132. The van der Waals surface area contributed by atoms with Crippen LogP contribution in [-0.4, -0.2) is 30.5 Å². The van der Waals surface area contributed by atoms with Crippen molar-refractivity contribution in [1.82, 2.24) is 4.90 Å². The van der Waals surface area contributed by atoms with Crippen LogP contribution in [0.5, 0.6) is 5.75 Å². The Hall–Kier alpha value is -1.55. The summed E-state index contributed by atoms with van der Waals surface area (Å²) >= 11 is 0. The summed E-state index contributed by atoms with van der Waals surface area (Å²) in [5.41, 5.74) is 6.86. The summed E-state index contributed by atoms with van der Waals surface area (Å²) in [5.74, 6) is 0.807. The summed E-state index contributed by atoms with van der Waals surface area (Å²) in [6, 6.07) is 7.36. The van der Waals surface area contributed by atoms with Gasteiger partial charge in [-0.1, -0.05) is 31.5 Å². The molecule has 0 fully saturated rings. The number of amides is 1. The minimum Gasteiger partial charge on any atom is -0.494 e. The molecule has 0 aliphatic carbocycles. The van der Waals surface area contributed by atoms with Crippen molar-refractivity contribution in [2.45, 2.75) is 39.3 Å². The van der Waals surface area contributed by atoms with Crippen LogP contribution in [0.1, 0.15) is 32.3 Å². The number of nitrogens with zero attached hydrogens (tertiary/aromatic N) is 1. The van der Waals surface area contributed by atoms with Gasteiger partial charge in [0.2, 0.25) is 5.91 Å². The van der Waals surface area contributed by atoms with Crippen LogP contribution in [0, 0.1) is 0 Å². The molecular formula is C15H24N2O2. The number of carbonyl (C=O) groups excluding carboxylic acids is 1. The molecule has 1 atom stereocenters. The van der Waals surface area contributed by atoms with Gasteiger partial charge in [-0.3, -0.25) is 4.79 Å². The molecular weight excluding hydrogens is 240 g/mol. The van der Waals surface area contributed by atoms with Gasteiger partial charge in [0.15, 0.2) is 0 Å². The summed E-state index contributed by atoms with van der Waals surface area (Å²) in [4.78, 5) is 13.7. The van der Waals surface area contributed by atoms with Crippen LogP contribution < -0.4 is 10.5 Å². The normalized spacial score (nSPS) is 12.0. The van der Waals surface area contributed by atoms with Crippen LogP contribution in [0.2, 0.25) is 0 Å². The van der Waals surface area contributed by atoms with Crippen molar-refractivity contribution < 1.29 is 9.53 Å². The Labute approximate surface area is 115 Å². The molecule has 1 rings (SSSR count). The van der Waals surface area contributed by atoms with Crippen LogP contribution in [0.4, 0.5) is 0 Å². The molecule has 19 heavy (non-hydrogen) atoms. The molecule has 1 aromatic rings. The second-order valence-electron chi connectivity index (χ2n) is 4.63. The molecule has 0 aromatic heterocycles. The number of hydrogen-bond acceptors (Lipinski definition) is 3. The van der Waals surface area contributed by atoms with E-state index in [1.807, 2.05) is 38.1 Å². The molecule has 1 aromatic carbocycles. The molecule has 106 valence electrons. The fourth-order valence-corrected chi connectivity index (χ4v) is 1.98. The zero-order chi connectivity index (χ0) is 14.3. The van der Waals surface area contributed by atoms with E-state index >= 15 is 0 Å². The van der Waals surface area contributed by atoms with Gasteiger partial charge in [0.05, 0.1) is 12.6 Å². The van der Waals surface area contributed by atoms with Crippen LogP contribution in [0.25, 0.3) is 0 Å². The van der Waals surface area contributed by atoms with Crippen molar-refractivity contribution in [2.75, 3.05) is 13.7 Å². The van der Waals surface area contributed by atoms with E-state index in [0.717, 1.165) is 24.2 Å². The number of para-hydroxylation sites is 1. The van der Waals surface area contributed by atoms with Gasteiger partial charge < -0.3 is 15.4 Å². The van der Waals surface area contributed by atoms with Gasteiger partial charge in [0.1, 0.15) is 5.75 Å². The highest BCUT2D eigenvalue weighted by Gasteiger charge is 2.18. The Morgan fingerprint density at radius 1 is 1.37 bits per heavy atom. The van der Waals surface area contributed by atoms with E-state index in [-0.39, 0.29) is 5.91 Å². The standard InChI is InChI=1S/C15H24N2O2/c1-4-8-13(16)15(18)17(3)11-12-9-6-7-10-14(12)19-5-2/h6-7,9-10,13H,4-5,8,11,16H2,1-3H3. The molecule has 4 nitrogen and oxygen atoms in total. The lowest BCUT2D eigenvalue weighted by Crippen LogP contribution is -2.41. The molecule has 4 heteroatoms. The number of benzene rings is 1. The average molecular weight is 264 g/mol. The molecule has 0 heterocycles. The highest BCUT2D eigenvalue weighted by Crippen LogP contribution is 2.19. The third kappa shape index (κ3) is 4.56. The third-order valence-electron chi connectivity index (χ3n) is 2.97. The van der Waals surface area contributed by atoms with E-state index in [9.17, 15) is 4.79 Å². The zero-order valence-corrected chi connectivity index (χ0v) is 12.1. The lowest BCUT2D eigenvalue weighted by Gasteiger charge is -2.22. The van der Waals surface area contributed by atoms with Gasteiger partial charge in [-0.05, 0) is 19.4 Å². The highest BCUT2D eigenvalue weighted by atomic mass is 16.5. The molecule has 0 aliphatic heterocycles. The molecule has 1 unspecified atom stereocenters. The first kappa shape index (κ1) is 15.5. The van der Waals surface area contributed by atoms with Crippen molar-refractivity contribution in [3.05, 3.63) is 29.8 Å². The quantitative estimate of drug-likeness (QED) is 0.821. The van der Waals surface area contributed by atoms with Gasteiger partial charge >= 0.3 is 0 Å². The van der Waals surface area contributed by atoms with Crippen molar-refractivity contribution in [3.63, 3.8) is 0 Å². The molecule has 0 radical (unpaired) electrons. The van der Waals surface area contributed by atoms with E-state index in [4.69, 9.17) is 10.5 Å². The van der Waals surface area contributed by atoms with E-state index in [1.54, 1.807) is 11.9 Å². The van der Waals surface area contributed by atoms with Gasteiger partial charge in [0, 0.05) is 19.2 Å². The summed E-state index contributed by atoms with van der Waals surface area (Å²) in [6.45, 7) is 5.11. The maximum absolute atomic E-state index is 12.1. The first-order valence-electron chi connectivity index (χ1n) is 6.81. The van der Waals surface area contributed by atoms with E-state index in [1.165, 1.54) is 0 Å². The van der Waals surface area contributed by atoms with Crippen molar-refractivity contribution in [2.24, 2.45) is 5.73 Å². The summed E-state index contributed by atoms with van der Waals surface area (Å²) in [5, 5.41) is 0. The zero-order valence-electron chi connectivity index (χ0n) is 12.1. The first-order valence-corrected chi connectivity index (χ1v) is 6.81. The molecule has 0 saturated carbocycles. The number of likely N-dealkylation sites (N-methyl/N-ethyl adjacent to an activating group) is 1. The Morgan fingerprint density at radius 2 is 2.05 bits per heavy atom. The Morgan fingerprint density at radius 3 is 2.68 bits per heavy atom. The smallest absolute Gasteiger partial charge is 0.239 e. The van der Waals surface area contributed by atoms with Crippen molar-refractivity contribution in [1.29, 1.82) is 0 Å². The number of rotatable bonds is 7. The lowest BCUT2D eigenvalue weighted by atomic mass is 10.1. The first-order chi connectivity index (χ1) is 9.10. The second kappa shape index (κ2) is 7.79. The molecule has 1 amide bonds. The summed E-state index contributed by atoms with van der Waals surface area (Å²) in [7, 11) is 1.78. The minimum absolute atomic E-state index is 0.0202. The Kier molecular flexibility index (Phi) is 6.36. The molecule has 2 N–H and O–H groups in total. The average Bonchev–Trinajstić information content (AvgIpc) is 2.40. The summed E-state index contributed by atoms with van der Waals surface area (Å²) in [6.07, 6.45) is 1.63. The maximum atomic E-state index is 12.1. The topological polar surface area (TPSA) is 55.6 Å². The number of hydrogen-bond donors (Lipinski definition) is 1. The minimum atomic E-state index is -0.408. The van der Waals surface area contributed by atoms with Crippen LogP contribution >= 0.6 is 0 Å². The van der Waals surface area contributed by atoms with Gasteiger partial charge in [-0.25, -0.2) is 0 Å². The number of ether oxygens (including phenoxy) is 1. The fourth-order valence-electron chi connectivity index (χ4n) is 1.98. The van der Waals surface area contributed by atoms with Crippen LogP contribution in [0.3, 0.4) is 0 Å². The summed E-state index contributed by atoms with van der Waals surface area (Å²) < 4.78 is 5.56. The van der Waals surface area contributed by atoms with Crippen LogP contribution in [0.15, 0.2) is 24.3 Å². The van der Waals surface area contributed by atoms with Gasteiger partial charge in [0.25, 0.3) is 0 Å². The SMILES string of the molecule is CCCC(N)C(=O)N(C)Cc1ccccc1OCC. The Balaban J connectivity index is 2.70. The molecule has 0 bridgehead atoms. The second-order valence-corrected chi connectivity index (χ2v) is 4.63. The Bertz CT molecular complexity index is 407. The monoisotopic (exact) mass is 264 g/mol. The van der Waals surface area contributed by atoms with Gasteiger partial charge in [-0.15, -0.1) is 0 Å². The molecule has 0 spiro atoms. The fraction of sp³-hybridized carbons (Fsp3) is 0.533. The number of carbonyl (C=O) groups is 1. The largest absolute Gasteiger partial charge is 0.494 e. The third-order valence-corrected chi connectivity index (χ3v) is 2.97. The van der Waals surface area contributed by atoms with Crippen LogP contribution in [-0.2, 0) is 11.3 Å². The van der Waals surface area contributed by atoms with Gasteiger partial charge in [-0.2, -0.15) is 0 Å². The predicted octanol–water partition coefficient (Wildman–Crippen LogP) is 2.17. The number of nitrogens with two attached hydrogens (primary N) is 1. The highest BCUT2D eigenvalue weighted by molar-refractivity contribution is 5.81. The van der Waals surface area contributed by atoms with Crippen molar-refractivity contribution >= 4 is 5.91 Å². The van der Waals surface area contributed by atoms with Crippen molar-refractivity contribution in [3.8, 4) is 5.75 Å². The molecule has 0 saturated heterocycles. The predicted molar refractivity (Wildman–Crippen MR) is 77.0 cm³/mol. The van der Waals surface area contributed by atoms with E-state index in [0.29, 0.717) is 13.2 Å². The maximum Gasteiger partial charge on any atom is 0.239 e. The van der Waals surface area contributed by atoms with E-state index < -0.39 is 6.04 Å². The van der Waals surface area contributed by atoms with E-state index in [2.05, 4.69) is 0 Å².